The molecule has 0 heterocycles. The molecule has 0 unspecified atom stereocenters. The van der Waals surface area contributed by atoms with Crippen LogP contribution in [0.5, 0.6) is 0 Å². The van der Waals surface area contributed by atoms with Gasteiger partial charge in [0, 0.05) is 19.0 Å². The van der Waals surface area contributed by atoms with Gasteiger partial charge in [0.15, 0.2) is 2.14 Å². The Bertz CT molecular complexity index is 536. The molecule has 2 N–H and O–H groups in total. The standard InChI is InChI=1S/C9H2Br6O4/c10-4-1(7(16)17)3(9(13,14)15)2(8(18)19)5(11)6(4)12/h(H,16,17)(H,18,19). The zero-order valence-electron chi connectivity index (χ0n) is 8.48. The van der Waals surface area contributed by atoms with E-state index in [1.165, 1.54) is 0 Å². The van der Waals surface area contributed by atoms with Gasteiger partial charge in [-0.05, 0) is 47.8 Å². The van der Waals surface area contributed by atoms with Crippen molar-refractivity contribution in [1.29, 1.82) is 0 Å². The number of carbonyl (C=O) groups is 2. The maximum absolute atomic E-state index is 11.4. The van der Waals surface area contributed by atoms with Gasteiger partial charge >= 0.3 is 11.9 Å². The molecule has 0 aromatic heterocycles. The van der Waals surface area contributed by atoms with Crippen LogP contribution < -0.4 is 0 Å². The molecule has 104 valence electrons. The van der Waals surface area contributed by atoms with Crippen LogP contribution in [-0.2, 0) is 2.14 Å². The largest absolute Gasteiger partial charge is 0.478 e. The number of carboxylic acid groups (broad SMARTS) is 2. The van der Waals surface area contributed by atoms with Crippen molar-refractivity contribution in [2.75, 3.05) is 0 Å². The molecule has 0 bridgehead atoms. The van der Waals surface area contributed by atoms with Crippen molar-refractivity contribution in [3.8, 4) is 0 Å². The van der Waals surface area contributed by atoms with Crippen molar-refractivity contribution >= 4 is 108 Å². The minimum absolute atomic E-state index is 0.0226. The van der Waals surface area contributed by atoms with Gasteiger partial charge in [0.1, 0.15) is 0 Å². The average Bonchev–Trinajstić information content (AvgIpc) is 2.22. The summed E-state index contributed by atoms with van der Waals surface area (Å²) in [6, 6.07) is 0. The van der Waals surface area contributed by atoms with E-state index in [-0.39, 0.29) is 25.6 Å². The van der Waals surface area contributed by atoms with Crippen LogP contribution in [-0.4, -0.2) is 22.2 Å². The van der Waals surface area contributed by atoms with E-state index in [1.54, 1.807) is 0 Å². The minimum atomic E-state index is -1.26. The Balaban J connectivity index is 4.03. The summed E-state index contributed by atoms with van der Waals surface area (Å²) >= 11 is 18.9. The fourth-order valence-electron chi connectivity index (χ4n) is 1.35. The van der Waals surface area contributed by atoms with Gasteiger partial charge in [0.05, 0.1) is 11.1 Å². The molecule has 0 radical (unpaired) electrons. The average molecular weight is 654 g/mol. The van der Waals surface area contributed by atoms with Gasteiger partial charge in [-0.2, -0.15) is 0 Å². The molecule has 0 aliphatic rings. The fourth-order valence-corrected chi connectivity index (χ4v) is 4.33. The second kappa shape index (κ2) is 6.43. The second-order valence-electron chi connectivity index (χ2n) is 3.18. The lowest BCUT2D eigenvalue weighted by molar-refractivity contribution is 0.0694. The predicted octanol–water partition coefficient (Wildman–Crippen LogP) is 5.67. The summed E-state index contributed by atoms with van der Waals surface area (Å²) in [4.78, 5) is 22.8. The molecule has 0 atom stereocenters. The summed E-state index contributed by atoms with van der Waals surface area (Å²) in [6.45, 7) is 0. The molecule has 0 saturated carbocycles. The maximum Gasteiger partial charge on any atom is 0.337 e. The highest BCUT2D eigenvalue weighted by Gasteiger charge is 2.37. The molecule has 0 aliphatic heterocycles. The highest BCUT2D eigenvalue weighted by atomic mass is 80.0. The number of alkyl halides is 3. The summed E-state index contributed by atoms with van der Waals surface area (Å²) in [5.41, 5.74) is -0.342. The number of carboxylic acids is 2. The van der Waals surface area contributed by atoms with Gasteiger partial charge < -0.3 is 10.2 Å². The summed E-state index contributed by atoms with van der Waals surface area (Å²) in [7, 11) is 0. The Hall–Kier alpha value is 1.04. The number of hydrogen-bond donors (Lipinski definition) is 2. The SMILES string of the molecule is O=C(O)c1c(Br)c(Br)c(Br)c(C(=O)O)c1C(Br)(Br)Br. The fraction of sp³-hybridized carbons (Fsp3) is 0.111. The Morgan fingerprint density at radius 3 is 1.32 bits per heavy atom. The van der Waals surface area contributed by atoms with Crippen LogP contribution in [0.3, 0.4) is 0 Å². The van der Waals surface area contributed by atoms with Crippen LogP contribution in [0.2, 0.25) is 0 Å². The molecular formula is C9H2Br6O4. The molecule has 0 aliphatic carbocycles. The second-order valence-corrected chi connectivity index (χ2v) is 12.3. The quantitative estimate of drug-likeness (QED) is 0.319. The third-order valence-electron chi connectivity index (χ3n) is 2.04. The van der Waals surface area contributed by atoms with E-state index >= 15 is 0 Å². The van der Waals surface area contributed by atoms with E-state index in [0.717, 1.165) is 0 Å². The van der Waals surface area contributed by atoms with Gasteiger partial charge in [0.2, 0.25) is 0 Å². The van der Waals surface area contributed by atoms with E-state index in [0.29, 0.717) is 4.47 Å². The number of hydrogen-bond acceptors (Lipinski definition) is 2. The van der Waals surface area contributed by atoms with Crippen molar-refractivity contribution in [2.45, 2.75) is 2.14 Å². The van der Waals surface area contributed by atoms with Crippen LogP contribution in [0.15, 0.2) is 13.4 Å². The zero-order valence-corrected chi connectivity index (χ0v) is 18.0. The Morgan fingerprint density at radius 1 is 0.789 bits per heavy atom. The normalized spacial score (nSPS) is 11.5. The zero-order chi connectivity index (χ0) is 15.1. The van der Waals surface area contributed by atoms with Crippen LogP contribution in [0, 0.1) is 0 Å². The monoisotopic (exact) mass is 648 g/mol. The number of aromatic carboxylic acids is 2. The predicted molar refractivity (Wildman–Crippen MR) is 91.9 cm³/mol. The van der Waals surface area contributed by atoms with E-state index in [1.807, 2.05) is 0 Å². The third kappa shape index (κ3) is 3.63. The van der Waals surface area contributed by atoms with Crippen molar-refractivity contribution in [1.82, 2.24) is 0 Å². The molecule has 19 heavy (non-hydrogen) atoms. The highest BCUT2D eigenvalue weighted by molar-refractivity contribution is 9.38. The molecule has 1 rings (SSSR count). The van der Waals surface area contributed by atoms with Crippen molar-refractivity contribution < 1.29 is 19.8 Å². The van der Waals surface area contributed by atoms with Crippen LogP contribution in [0.1, 0.15) is 26.3 Å². The first-order valence-corrected chi connectivity index (χ1v) is 9.00. The Kier molecular flexibility index (Phi) is 6.12. The van der Waals surface area contributed by atoms with Gasteiger partial charge in [0.25, 0.3) is 0 Å². The molecular weight excluding hydrogens is 652 g/mol. The van der Waals surface area contributed by atoms with Gasteiger partial charge in [-0.1, -0.05) is 47.8 Å². The summed E-state index contributed by atoms with van der Waals surface area (Å²) in [5, 5.41) is 18.6. The number of rotatable bonds is 2. The lowest BCUT2D eigenvalue weighted by atomic mass is 10.0. The molecule has 0 amide bonds. The first-order valence-electron chi connectivity index (χ1n) is 4.24. The number of halogens is 6. The first kappa shape index (κ1) is 18.1. The van der Waals surface area contributed by atoms with E-state index in [2.05, 4.69) is 95.6 Å². The topological polar surface area (TPSA) is 74.6 Å². The summed E-state index contributed by atoms with van der Waals surface area (Å²) in [6.07, 6.45) is 0. The van der Waals surface area contributed by atoms with E-state index in [4.69, 9.17) is 0 Å². The summed E-state index contributed by atoms with van der Waals surface area (Å²) < 4.78 is -0.424. The van der Waals surface area contributed by atoms with Crippen molar-refractivity contribution in [3.05, 3.63) is 30.1 Å². The van der Waals surface area contributed by atoms with Gasteiger partial charge in [-0.3, -0.25) is 0 Å². The van der Waals surface area contributed by atoms with Gasteiger partial charge in [-0.15, -0.1) is 0 Å². The van der Waals surface area contributed by atoms with Crippen LogP contribution in [0.25, 0.3) is 0 Å². The first-order chi connectivity index (χ1) is 8.50. The lowest BCUT2D eigenvalue weighted by Crippen LogP contribution is -2.17. The molecule has 4 nitrogen and oxygen atoms in total. The van der Waals surface area contributed by atoms with E-state index in [9.17, 15) is 19.8 Å². The van der Waals surface area contributed by atoms with Crippen molar-refractivity contribution in [2.24, 2.45) is 0 Å². The number of benzene rings is 1. The smallest absolute Gasteiger partial charge is 0.337 e. The Morgan fingerprint density at radius 2 is 1.11 bits per heavy atom. The van der Waals surface area contributed by atoms with Crippen molar-refractivity contribution in [3.63, 3.8) is 0 Å². The lowest BCUT2D eigenvalue weighted by Gasteiger charge is -2.21. The Labute approximate surface area is 158 Å². The van der Waals surface area contributed by atoms with E-state index < -0.39 is 14.1 Å². The summed E-state index contributed by atoms with van der Waals surface area (Å²) in [5.74, 6) is -2.53. The highest BCUT2D eigenvalue weighted by Crippen LogP contribution is 2.52. The van der Waals surface area contributed by atoms with Crippen LogP contribution in [0.4, 0.5) is 0 Å². The van der Waals surface area contributed by atoms with Gasteiger partial charge in [-0.25, -0.2) is 9.59 Å². The van der Waals surface area contributed by atoms with Crippen LogP contribution >= 0.6 is 95.6 Å². The third-order valence-corrected chi connectivity index (χ3v) is 6.67. The molecule has 10 heteroatoms. The minimum Gasteiger partial charge on any atom is -0.478 e. The molecule has 0 spiro atoms. The molecule has 0 saturated heterocycles. The molecule has 1 aromatic rings. The maximum atomic E-state index is 11.4. The molecule has 0 fully saturated rings. The molecule has 1 aromatic carbocycles.